The lowest BCUT2D eigenvalue weighted by Crippen LogP contribution is -2.39. The molecule has 0 amide bonds. The van der Waals surface area contributed by atoms with Gasteiger partial charge in [-0.1, -0.05) is 0 Å². The highest BCUT2D eigenvalue weighted by atomic mass is 35.5. The quantitative estimate of drug-likeness (QED) is 0.640. The summed E-state index contributed by atoms with van der Waals surface area (Å²) in [6.07, 6.45) is 0. The van der Waals surface area contributed by atoms with Gasteiger partial charge in [0.2, 0.25) is 0 Å². The molecule has 4 nitrogen and oxygen atoms in total. The van der Waals surface area contributed by atoms with Gasteiger partial charge in [-0.15, -0.1) is 12.4 Å². The van der Waals surface area contributed by atoms with Crippen LogP contribution in [0.25, 0.3) is 0 Å². The predicted octanol–water partition coefficient (Wildman–Crippen LogP) is 0.559. The van der Waals surface area contributed by atoms with Crippen LogP contribution in [0.3, 0.4) is 0 Å². The fourth-order valence-electron chi connectivity index (χ4n) is 0.748. The van der Waals surface area contributed by atoms with Gasteiger partial charge in [0.15, 0.2) is 0 Å². The van der Waals surface area contributed by atoms with Gasteiger partial charge in [0.25, 0.3) is 6.47 Å². The summed E-state index contributed by atoms with van der Waals surface area (Å²) in [4.78, 5) is 9.60. The minimum absolute atomic E-state index is 0. The molecule has 0 spiro atoms. The fraction of sp³-hybridized carbons (Fsp3) is 0.889. The van der Waals surface area contributed by atoms with E-state index in [1.165, 1.54) is 0 Å². The lowest BCUT2D eigenvalue weighted by molar-refractivity contribution is -0.138. The van der Waals surface area contributed by atoms with Gasteiger partial charge in [0.1, 0.15) is 5.60 Å². The smallest absolute Gasteiger partial charge is 0.293 e. The first-order valence-corrected chi connectivity index (χ1v) is 4.59. The van der Waals surface area contributed by atoms with Crippen LogP contribution in [0.1, 0.15) is 20.8 Å². The molecule has 0 bridgehead atoms. The van der Waals surface area contributed by atoms with Crippen LogP contribution in [0.15, 0.2) is 0 Å². The van der Waals surface area contributed by atoms with Gasteiger partial charge in [0.05, 0.1) is 0 Å². The first kappa shape index (κ1) is 16.1. The van der Waals surface area contributed by atoms with Gasteiger partial charge < -0.3 is 15.4 Å². The van der Waals surface area contributed by atoms with E-state index in [-0.39, 0.29) is 18.0 Å². The Kier molecular flexibility index (Phi) is 10.6. The van der Waals surface area contributed by atoms with Gasteiger partial charge in [-0.2, -0.15) is 0 Å². The molecule has 0 radical (unpaired) electrons. The number of carbonyl (C=O) groups is 1. The van der Waals surface area contributed by atoms with E-state index in [0.29, 0.717) is 6.47 Å². The van der Waals surface area contributed by atoms with E-state index in [2.05, 4.69) is 15.4 Å². The molecule has 0 unspecified atom stereocenters. The van der Waals surface area contributed by atoms with Gasteiger partial charge in [0, 0.05) is 26.2 Å². The maximum atomic E-state index is 9.60. The second-order valence-corrected chi connectivity index (χ2v) is 3.83. The normalized spacial score (nSPS) is 15.6. The lowest BCUT2D eigenvalue weighted by atomic mass is 10.2. The number of hydrogen-bond acceptors (Lipinski definition) is 4. The zero-order valence-corrected chi connectivity index (χ0v) is 9.95. The third-order valence-corrected chi connectivity index (χ3v) is 1.36. The molecule has 1 saturated heterocycles. The van der Waals surface area contributed by atoms with Crippen LogP contribution < -0.4 is 10.6 Å². The van der Waals surface area contributed by atoms with Crippen LogP contribution in [0.5, 0.6) is 0 Å². The van der Waals surface area contributed by atoms with E-state index in [9.17, 15) is 4.79 Å². The Hall–Kier alpha value is -0.320. The molecule has 1 aliphatic heterocycles. The van der Waals surface area contributed by atoms with E-state index >= 15 is 0 Å². The van der Waals surface area contributed by atoms with Crippen LogP contribution >= 0.6 is 12.4 Å². The van der Waals surface area contributed by atoms with E-state index in [0.717, 1.165) is 26.2 Å². The van der Waals surface area contributed by atoms with Crippen molar-refractivity contribution in [3.05, 3.63) is 0 Å². The van der Waals surface area contributed by atoms with Gasteiger partial charge in [-0.25, -0.2) is 0 Å². The summed E-state index contributed by atoms with van der Waals surface area (Å²) < 4.78 is 4.55. The van der Waals surface area contributed by atoms with E-state index in [1.807, 2.05) is 20.8 Å². The Morgan fingerprint density at radius 2 is 1.43 bits per heavy atom. The average molecular weight is 225 g/mol. The van der Waals surface area contributed by atoms with Gasteiger partial charge >= 0.3 is 0 Å². The first-order valence-electron chi connectivity index (χ1n) is 4.59. The topological polar surface area (TPSA) is 50.4 Å². The van der Waals surface area contributed by atoms with Crippen molar-refractivity contribution in [3.63, 3.8) is 0 Å². The SMILES string of the molecule is C1CNCCN1.CC(C)(C)OC=O.Cl. The summed E-state index contributed by atoms with van der Waals surface area (Å²) in [6, 6.07) is 0. The first-order chi connectivity index (χ1) is 6.06. The number of carbonyl (C=O) groups excluding carboxylic acids is 1. The Bertz CT molecular complexity index is 122. The summed E-state index contributed by atoms with van der Waals surface area (Å²) in [5, 5.41) is 6.44. The summed E-state index contributed by atoms with van der Waals surface area (Å²) in [5.41, 5.74) is -0.318. The average Bonchev–Trinajstić information content (AvgIpc) is 2.06. The van der Waals surface area contributed by atoms with Crippen molar-refractivity contribution >= 4 is 18.9 Å². The number of halogens is 1. The minimum atomic E-state index is -0.318. The standard InChI is InChI=1S/C5H10O2.C4H10N2.ClH/c1-5(2,3)7-4-6;1-2-6-4-3-5-1;/h4H,1-3H3;5-6H,1-4H2;1H. The van der Waals surface area contributed by atoms with Crippen molar-refractivity contribution in [1.82, 2.24) is 10.6 Å². The summed E-state index contributed by atoms with van der Waals surface area (Å²) in [5.74, 6) is 0. The molecular weight excluding hydrogens is 204 g/mol. The molecule has 0 saturated carbocycles. The maximum absolute atomic E-state index is 9.60. The summed E-state index contributed by atoms with van der Waals surface area (Å²) in [7, 11) is 0. The molecule has 0 aromatic heterocycles. The molecule has 5 heteroatoms. The lowest BCUT2D eigenvalue weighted by Gasteiger charge is -2.14. The minimum Gasteiger partial charge on any atom is -0.462 e. The Morgan fingerprint density at radius 3 is 1.50 bits per heavy atom. The van der Waals surface area contributed by atoms with Crippen LogP contribution in [0.4, 0.5) is 0 Å². The van der Waals surface area contributed by atoms with Crippen molar-refractivity contribution in [2.75, 3.05) is 26.2 Å². The highest BCUT2D eigenvalue weighted by Gasteiger charge is 2.07. The third-order valence-electron chi connectivity index (χ3n) is 1.36. The molecule has 86 valence electrons. The molecule has 0 aliphatic carbocycles. The van der Waals surface area contributed by atoms with Crippen LogP contribution in [-0.4, -0.2) is 38.3 Å². The number of hydrogen-bond donors (Lipinski definition) is 2. The van der Waals surface area contributed by atoms with Crippen molar-refractivity contribution in [3.8, 4) is 0 Å². The molecule has 0 atom stereocenters. The largest absolute Gasteiger partial charge is 0.462 e. The second-order valence-electron chi connectivity index (χ2n) is 3.83. The zero-order valence-electron chi connectivity index (χ0n) is 9.13. The zero-order chi connectivity index (χ0) is 10.2. The van der Waals surface area contributed by atoms with E-state index < -0.39 is 0 Å². The van der Waals surface area contributed by atoms with E-state index in [1.54, 1.807) is 0 Å². The van der Waals surface area contributed by atoms with Crippen molar-refractivity contribution in [2.24, 2.45) is 0 Å². The molecule has 1 heterocycles. The maximum Gasteiger partial charge on any atom is 0.293 e. The van der Waals surface area contributed by atoms with Crippen molar-refractivity contribution in [2.45, 2.75) is 26.4 Å². The summed E-state index contributed by atoms with van der Waals surface area (Å²) >= 11 is 0. The molecule has 0 aromatic carbocycles. The third kappa shape index (κ3) is 14.2. The van der Waals surface area contributed by atoms with Gasteiger partial charge in [-0.3, -0.25) is 4.79 Å². The van der Waals surface area contributed by atoms with Crippen LogP contribution in [0.2, 0.25) is 0 Å². The van der Waals surface area contributed by atoms with Crippen LogP contribution in [0, 0.1) is 0 Å². The van der Waals surface area contributed by atoms with Gasteiger partial charge in [-0.05, 0) is 20.8 Å². The Morgan fingerprint density at radius 1 is 1.07 bits per heavy atom. The van der Waals surface area contributed by atoms with Crippen molar-refractivity contribution in [1.29, 1.82) is 0 Å². The fourth-order valence-corrected chi connectivity index (χ4v) is 0.748. The molecule has 0 aromatic rings. The monoisotopic (exact) mass is 224 g/mol. The Labute approximate surface area is 92.2 Å². The molecule has 1 fully saturated rings. The molecule has 14 heavy (non-hydrogen) atoms. The molecule has 1 rings (SSSR count). The molecule has 2 N–H and O–H groups in total. The number of rotatable bonds is 1. The van der Waals surface area contributed by atoms with E-state index in [4.69, 9.17) is 0 Å². The Balaban J connectivity index is 0. The molecule has 1 aliphatic rings. The van der Waals surface area contributed by atoms with Crippen LogP contribution in [-0.2, 0) is 9.53 Å². The highest BCUT2D eigenvalue weighted by Crippen LogP contribution is 2.02. The molecular formula is C9H21ClN2O2. The number of ether oxygens (including phenoxy) is 1. The van der Waals surface area contributed by atoms with Crippen molar-refractivity contribution < 1.29 is 9.53 Å². The summed E-state index contributed by atoms with van der Waals surface area (Å²) in [6.45, 7) is 10.5. The number of piperazine rings is 1. The number of nitrogens with one attached hydrogen (secondary N) is 2. The predicted molar refractivity (Wildman–Crippen MR) is 59.9 cm³/mol. The highest BCUT2D eigenvalue weighted by molar-refractivity contribution is 5.85. The second kappa shape index (κ2) is 9.24.